The van der Waals surface area contributed by atoms with Crippen molar-refractivity contribution in [2.75, 3.05) is 13.1 Å². The van der Waals surface area contributed by atoms with Crippen LogP contribution in [-0.4, -0.2) is 23.1 Å². The van der Waals surface area contributed by atoms with Gasteiger partial charge in [0.05, 0.1) is 0 Å². The minimum absolute atomic E-state index is 0.539. The lowest BCUT2D eigenvalue weighted by molar-refractivity contribution is 0.295. The molecule has 1 saturated heterocycles. The Morgan fingerprint density at radius 3 is 2.44 bits per heavy atom. The van der Waals surface area contributed by atoms with Crippen molar-refractivity contribution >= 4 is 0 Å². The maximum atomic E-state index is 13.2. The highest BCUT2D eigenvalue weighted by molar-refractivity contribution is 5.30. The fourth-order valence-electron chi connectivity index (χ4n) is 2.52. The molecular weight excluding hydrogens is 236 g/mol. The molecule has 1 aliphatic heterocycles. The van der Waals surface area contributed by atoms with Crippen LogP contribution in [0.2, 0.25) is 0 Å². The number of likely N-dealkylation sites (tertiary alicyclic amines) is 1. The first-order valence-electron chi connectivity index (χ1n) is 6.36. The Balaban J connectivity index is 2.03. The third kappa shape index (κ3) is 2.80. The summed E-state index contributed by atoms with van der Waals surface area (Å²) in [6.07, 6.45) is 1.14. The number of hydrogen-bond acceptors (Lipinski definition) is 2. The van der Waals surface area contributed by atoms with E-state index in [-0.39, 0.29) is 0 Å². The molecule has 1 N–H and O–H groups in total. The molecule has 1 atom stereocenters. The van der Waals surface area contributed by atoms with Gasteiger partial charge in [-0.05, 0) is 42.5 Å². The van der Waals surface area contributed by atoms with Crippen LogP contribution >= 0.6 is 0 Å². The lowest BCUT2D eigenvalue weighted by Crippen LogP contribution is -2.21. The molecule has 1 aliphatic rings. The summed E-state index contributed by atoms with van der Waals surface area (Å²) in [5.41, 5.74) is 0.576. The molecular formula is C14H19F2NO. The maximum absolute atomic E-state index is 13.2. The average Bonchev–Trinajstić information content (AvgIpc) is 2.74. The van der Waals surface area contributed by atoms with Gasteiger partial charge in [0, 0.05) is 13.1 Å². The van der Waals surface area contributed by atoms with Crippen molar-refractivity contribution in [3.05, 3.63) is 29.3 Å². The van der Waals surface area contributed by atoms with E-state index in [1.54, 1.807) is 0 Å². The van der Waals surface area contributed by atoms with E-state index in [0.29, 0.717) is 23.9 Å². The van der Waals surface area contributed by atoms with Crippen molar-refractivity contribution in [2.45, 2.75) is 26.8 Å². The van der Waals surface area contributed by atoms with Crippen LogP contribution in [0.4, 0.5) is 8.78 Å². The number of nitrogens with zero attached hydrogens (tertiary/aromatic N) is 1. The molecule has 1 fully saturated rings. The average molecular weight is 255 g/mol. The number of halogens is 2. The van der Waals surface area contributed by atoms with Crippen molar-refractivity contribution in [3.63, 3.8) is 0 Å². The molecule has 4 heteroatoms. The van der Waals surface area contributed by atoms with Gasteiger partial charge in [-0.2, -0.15) is 0 Å². The molecule has 0 spiro atoms. The van der Waals surface area contributed by atoms with E-state index in [1.807, 2.05) is 0 Å². The zero-order valence-corrected chi connectivity index (χ0v) is 10.8. The molecule has 0 saturated carbocycles. The summed E-state index contributed by atoms with van der Waals surface area (Å²) in [5.74, 6) is -1.35. The molecule has 100 valence electrons. The largest absolute Gasteiger partial charge is 0.503 e. The molecule has 2 nitrogen and oxygen atoms in total. The van der Waals surface area contributed by atoms with Crippen molar-refractivity contribution in [2.24, 2.45) is 11.8 Å². The first kappa shape index (κ1) is 13.3. The molecule has 1 aromatic rings. The van der Waals surface area contributed by atoms with E-state index in [2.05, 4.69) is 18.7 Å². The van der Waals surface area contributed by atoms with Crippen LogP contribution in [0.5, 0.6) is 5.75 Å². The standard InChI is InChI=1S/C14H19F2NO/c1-9(2)11-3-4-17(8-11)7-10-5-12(15)14(18)13(16)6-10/h5-6,9,11,18H,3-4,7-8H2,1-2H3. The van der Waals surface area contributed by atoms with Crippen LogP contribution in [0.25, 0.3) is 0 Å². The fraction of sp³-hybridized carbons (Fsp3) is 0.571. The van der Waals surface area contributed by atoms with Crippen molar-refractivity contribution in [1.29, 1.82) is 0 Å². The predicted octanol–water partition coefficient (Wildman–Crippen LogP) is 3.15. The van der Waals surface area contributed by atoms with Gasteiger partial charge in [0.15, 0.2) is 17.4 Å². The number of phenolic OH excluding ortho intramolecular Hbond substituents is 1. The van der Waals surface area contributed by atoms with Crippen LogP contribution in [0.15, 0.2) is 12.1 Å². The third-order valence-electron chi connectivity index (χ3n) is 3.73. The molecule has 18 heavy (non-hydrogen) atoms. The van der Waals surface area contributed by atoms with Crippen molar-refractivity contribution < 1.29 is 13.9 Å². The Bertz CT molecular complexity index is 411. The number of benzene rings is 1. The number of aromatic hydroxyl groups is 1. The fourth-order valence-corrected chi connectivity index (χ4v) is 2.52. The van der Waals surface area contributed by atoms with Crippen LogP contribution in [0.1, 0.15) is 25.8 Å². The van der Waals surface area contributed by atoms with E-state index in [1.165, 1.54) is 12.1 Å². The van der Waals surface area contributed by atoms with E-state index < -0.39 is 17.4 Å². The number of phenols is 1. The summed E-state index contributed by atoms with van der Waals surface area (Å²) in [6, 6.07) is 2.42. The second kappa shape index (κ2) is 5.22. The van der Waals surface area contributed by atoms with Gasteiger partial charge in [-0.3, -0.25) is 4.90 Å². The first-order chi connectivity index (χ1) is 8.47. The van der Waals surface area contributed by atoms with Gasteiger partial charge >= 0.3 is 0 Å². The Hall–Kier alpha value is -1.16. The summed E-state index contributed by atoms with van der Waals surface area (Å²) in [6.45, 7) is 6.88. The Morgan fingerprint density at radius 1 is 1.33 bits per heavy atom. The van der Waals surface area contributed by atoms with Crippen LogP contribution < -0.4 is 0 Å². The second-order valence-electron chi connectivity index (χ2n) is 5.44. The topological polar surface area (TPSA) is 23.5 Å². The maximum Gasteiger partial charge on any atom is 0.187 e. The van der Waals surface area contributed by atoms with Gasteiger partial charge in [0.2, 0.25) is 0 Å². The van der Waals surface area contributed by atoms with Gasteiger partial charge < -0.3 is 5.11 Å². The van der Waals surface area contributed by atoms with Gasteiger partial charge in [-0.25, -0.2) is 8.78 Å². The normalized spacial score (nSPS) is 20.8. The molecule has 0 radical (unpaired) electrons. The van der Waals surface area contributed by atoms with Gasteiger partial charge in [-0.15, -0.1) is 0 Å². The molecule has 0 amide bonds. The number of hydrogen-bond donors (Lipinski definition) is 1. The minimum Gasteiger partial charge on any atom is -0.503 e. The van der Waals surface area contributed by atoms with Crippen LogP contribution in [0, 0.1) is 23.5 Å². The zero-order chi connectivity index (χ0) is 13.3. The number of rotatable bonds is 3. The molecule has 0 bridgehead atoms. The second-order valence-corrected chi connectivity index (χ2v) is 5.44. The lowest BCUT2D eigenvalue weighted by atomic mass is 9.95. The molecule has 2 rings (SSSR count). The lowest BCUT2D eigenvalue weighted by Gasteiger charge is -2.18. The zero-order valence-electron chi connectivity index (χ0n) is 10.8. The molecule has 0 aliphatic carbocycles. The molecule has 0 aromatic heterocycles. The Labute approximate surface area is 106 Å². The summed E-state index contributed by atoms with van der Waals surface area (Å²) in [7, 11) is 0. The van der Waals surface area contributed by atoms with E-state index in [4.69, 9.17) is 5.11 Å². The summed E-state index contributed by atoms with van der Waals surface area (Å²) >= 11 is 0. The smallest absolute Gasteiger partial charge is 0.187 e. The Kier molecular flexibility index (Phi) is 3.85. The van der Waals surface area contributed by atoms with Crippen molar-refractivity contribution in [3.8, 4) is 5.75 Å². The van der Waals surface area contributed by atoms with Gasteiger partial charge in [0.25, 0.3) is 0 Å². The van der Waals surface area contributed by atoms with E-state index in [0.717, 1.165) is 19.5 Å². The van der Waals surface area contributed by atoms with Crippen LogP contribution in [0.3, 0.4) is 0 Å². The molecule has 1 aromatic carbocycles. The monoisotopic (exact) mass is 255 g/mol. The van der Waals surface area contributed by atoms with Crippen molar-refractivity contribution in [1.82, 2.24) is 4.90 Å². The van der Waals surface area contributed by atoms with Gasteiger partial charge in [-0.1, -0.05) is 13.8 Å². The SMILES string of the molecule is CC(C)C1CCN(Cc2cc(F)c(O)c(F)c2)C1. The highest BCUT2D eigenvalue weighted by Crippen LogP contribution is 2.27. The highest BCUT2D eigenvalue weighted by Gasteiger charge is 2.25. The summed E-state index contributed by atoms with van der Waals surface area (Å²) < 4.78 is 26.4. The van der Waals surface area contributed by atoms with Gasteiger partial charge in [0.1, 0.15) is 0 Å². The molecule has 1 unspecified atom stereocenters. The predicted molar refractivity (Wildman–Crippen MR) is 66.2 cm³/mol. The highest BCUT2D eigenvalue weighted by atomic mass is 19.1. The first-order valence-corrected chi connectivity index (χ1v) is 6.36. The minimum atomic E-state index is -0.889. The summed E-state index contributed by atoms with van der Waals surface area (Å²) in [4.78, 5) is 2.20. The third-order valence-corrected chi connectivity index (χ3v) is 3.73. The Morgan fingerprint density at radius 2 is 1.94 bits per heavy atom. The quantitative estimate of drug-likeness (QED) is 0.897. The van der Waals surface area contributed by atoms with E-state index >= 15 is 0 Å². The van der Waals surface area contributed by atoms with Crippen LogP contribution in [-0.2, 0) is 6.54 Å². The molecule has 1 heterocycles. The van der Waals surface area contributed by atoms with E-state index in [9.17, 15) is 8.78 Å². The summed E-state index contributed by atoms with van der Waals surface area (Å²) in [5, 5.41) is 9.04.